The van der Waals surface area contributed by atoms with Gasteiger partial charge in [-0.15, -0.1) is 0 Å². The van der Waals surface area contributed by atoms with Gasteiger partial charge in [-0.1, -0.05) is 19.1 Å². The summed E-state index contributed by atoms with van der Waals surface area (Å²) in [5.74, 6) is 1.72. The molecule has 1 aliphatic heterocycles. The van der Waals surface area contributed by atoms with Crippen LogP contribution in [0, 0.1) is 12.8 Å². The maximum absolute atomic E-state index is 5.36. The highest BCUT2D eigenvalue weighted by atomic mass is 16.5. The van der Waals surface area contributed by atoms with Gasteiger partial charge in [-0.3, -0.25) is 9.58 Å². The Morgan fingerprint density at radius 2 is 2.14 bits per heavy atom. The van der Waals surface area contributed by atoms with Gasteiger partial charge in [0.1, 0.15) is 5.75 Å². The highest BCUT2D eigenvalue weighted by molar-refractivity contribution is 5.28. The summed E-state index contributed by atoms with van der Waals surface area (Å²) in [6.45, 7) is 14.5. The molecule has 1 atom stereocenters. The van der Waals surface area contributed by atoms with E-state index in [1.807, 2.05) is 6.07 Å². The molecule has 0 spiro atoms. The number of rotatable bonds is 10. The molecule has 29 heavy (non-hydrogen) atoms. The van der Waals surface area contributed by atoms with E-state index in [1.165, 1.54) is 49.3 Å². The van der Waals surface area contributed by atoms with E-state index in [1.54, 1.807) is 7.11 Å². The fourth-order valence-corrected chi connectivity index (χ4v) is 4.49. The van der Waals surface area contributed by atoms with Crippen LogP contribution in [0.25, 0.3) is 0 Å². The summed E-state index contributed by atoms with van der Waals surface area (Å²) in [6, 6.07) is 8.49. The van der Waals surface area contributed by atoms with Crippen LogP contribution in [-0.4, -0.2) is 59.4 Å². The lowest BCUT2D eigenvalue weighted by Gasteiger charge is -2.35. The molecule has 1 fully saturated rings. The first kappa shape index (κ1) is 21.8. The summed E-state index contributed by atoms with van der Waals surface area (Å²) in [5.41, 5.74) is 4.05. The van der Waals surface area contributed by atoms with Gasteiger partial charge in [-0.2, -0.15) is 5.10 Å². The Bertz CT molecular complexity index is 757. The third-order valence-electron chi connectivity index (χ3n) is 6.32. The Labute approximate surface area is 176 Å². The van der Waals surface area contributed by atoms with Gasteiger partial charge < -0.3 is 9.64 Å². The molecule has 0 unspecified atom stereocenters. The molecule has 0 bridgehead atoms. The number of aryl methyl sites for hydroxylation is 1. The molecular formula is C24H38N4O. The minimum atomic E-state index is 0.760. The summed E-state index contributed by atoms with van der Waals surface area (Å²) in [6.07, 6.45) is 5.81. The maximum Gasteiger partial charge on any atom is 0.119 e. The van der Waals surface area contributed by atoms with Gasteiger partial charge in [0, 0.05) is 44.0 Å². The van der Waals surface area contributed by atoms with Crippen molar-refractivity contribution in [1.29, 1.82) is 0 Å². The van der Waals surface area contributed by atoms with Gasteiger partial charge in [0.2, 0.25) is 0 Å². The molecule has 160 valence electrons. The van der Waals surface area contributed by atoms with Crippen molar-refractivity contribution in [3.8, 4) is 5.75 Å². The zero-order valence-corrected chi connectivity index (χ0v) is 18.7. The summed E-state index contributed by atoms with van der Waals surface area (Å²) in [7, 11) is 1.74. The van der Waals surface area contributed by atoms with E-state index in [0.29, 0.717) is 0 Å². The molecule has 0 N–H and O–H groups in total. The number of hydrogen-bond acceptors (Lipinski definition) is 4. The second-order valence-corrected chi connectivity index (χ2v) is 8.31. The van der Waals surface area contributed by atoms with Crippen LogP contribution in [0.1, 0.15) is 43.5 Å². The van der Waals surface area contributed by atoms with Crippen LogP contribution < -0.4 is 4.74 Å². The summed E-state index contributed by atoms with van der Waals surface area (Å²) in [5, 5.41) is 4.52. The predicted molar refractivity (Wildman–Crippen MR) is 119 cm³/mol. The fourth-order valence-electron chi connectivity index (χ4n) is 4.49. The van der Waals surface area contributed by atoms with Crippen molar-refractivity contribution in [3.63, 3.8) is 0 Å². The number of nitrogens with zero attached hydrogens (tertiary/aromatic N) is 4. The van der Waals surface area contributed by atoms with Crippen molar-refractivity contribution in [2.45, 2.75) is 53.1 Å². The first-order valence-corrected chi connectivity index (χ1v) is 11.2. The highest BCUT2D eigenvalue weighted by Crippen LogP contribution is 2.20. The average molecular weight is 399 g/mol. The van der Waals surface area contributed by atoms with Crippen LogP contribution in [-0.2, 0) is 19.5 Å². The third kappa shape index (κ3) is 6.06. The van der Waals surface area contributed by atoms with Gasteiger partial charge in [0.15, 0.2) is 0 Å². The van der Waals surface area contributed by atoms with Crippen LogP contribution in [0.5, 0.6) is 5.75 Å². The topological polar surface area (TPSA) is 33.5 Å². The van der Waals surface area contributed by atoms with Gasteiger partial charge in [-0.05, 0) is 69.8 Å². The predicted octanol–water partition coefficient (Wildman–Crippen LogP) is 4.00. The van der Waals surface area contributed by atoms with E-state index in [0.717, 1.165) is 44.3 Å². The molecular weight excluding hydrogens is 360 g/mol. The minimum Gasteiger partial charge on any atom is -0.497 e. The standard InChI is InChI=1S/C24H38N4O/c1-5-26(19-23-16-25-28(6-2)20(23)3)17-22-10-8-13-27(18-22)14-12-21-9-7-11-24(15-21)29-4/h7,9,11,15-16,22H,5-6,8,10,12-14,17-19H2,1-4H3/t22-/m1/s1. The second kappa shape index (κ2) is 10.8. The Kier molecular flexibility index (Phi) is 8.13. The van der Waals surface area contributed by atoms with Crippen LogP contribution in [0.3, 0.4) is 0 Å². The number of methoxy groups -OCH3 is 1. The molecule has 3 rings (SSSR count). The van der Waals surface area contributed by atoms with Crippen molar-refractivity contribution in [2.75, 3.05) is 39.8 Å². The zero-order valence-electron chi connectivity index (χ0n) is 18.7. The molecule has 0 aliphatic carbocycles. The second-order valence-electron chi connectivity index (χ2n) is 8.31. The van der Waals surface area contributed by atoms with Crippen LogP contribution >= 0.6 is 0 Å². The Morgan fingerprint density at radius 3 is 2.86 bits per heavy atom. The number of benzene rings is 1. The Balaban J connectivity index is 1.50. The van der Waals surface area contributed by atoms with E-state index in [-0.39, 0.29) is 0 Å². The SMILES string of the molecule is CCN(Cc1cnn(CC)c1C)C[C@H]1CCCN(CCc2cccc(OC)c2)C1. The quantitative estimate of drug-likeness (QED) is 0.606. The molecule has 1 aromatic carbocycles. The molecule has 0 amide bonds. The monoisotopic (exact) mass is 398 g/mol. The maximum atomic E-state index is 5.36. The highest BCUT2D eigenvalue weighted by Gasteiger charge is 2.22. The molecule has 2 heterocycles. The molecule has 0 radical (unpaired) electrons. The normalized spacial score (nSPS) is 17.8. The van der Waals surface area contributed by atoms with Gasteiger partial charge >= 0.3 is 0 Å². The number of hydrogen-bond donors (Lipinski definition) is 0. The minimum absolute atomic E-state index is 0.760. The van der Waals surface area contributed by atoms with E-state index >= 15 is 0 Å². The van der Waals surface area contributed by atoms with Gasteiger partial charge in [0.05, 0.1) is 13.3 Å². The molecule has 5 nitrogen and oxygen atoms in total. The lowest BCUT2D eigenvalue weighted by Crippen LogP contribution is -2.41. The number of piperidine rings is 1. The van der Waals surface area contributed by atoms with Crippen molar-refractivity contribution < 1.29 is 4.74 Å². The number of ether oxygens (including phenoxy) is 1. The first-order valence-electron chi connectivity index (χ1n) is 11.2. The van der Waals surface area contributed by atoms with E-state index in [4.69, 9.17) is 4.74 Å². The Hall–Kier alpha value is -1.85. The fraction of sp³-hybridized carbons (Fsp3) is 0.625. The van der Waals surface area contributed by atoms with Gasteiger partial charge in [0.25, 0.3) is 0 Å². The molecule has 0 saturated carbocycles. The molecule has 1 saturated heterocycles. The van der Waals surface area contributed by atoms with Crippen molar-refractivity contribution in [2.24, 2.45) is 5.92 Å². The van der Waals surface area contributed by atoms with E-state index in [2.05, 4.69) is 64.7 Å². The van der Waals surface area contributed by atoms with Crippen LogP contribution in [0.4, 0.5) is 0 Å². The van der Waals surface area contributed by atoms with Crippen molar-refractivity contribution in [3.05, 3.63) is 47.3 Å². The summed E-state index contributed by atoms with van der Waals surface area (Å²) < 4.78 is 7.46. The van der Waals surface area contributed by atoms with Crippen molar-refractivity contribution in [1.82, 2.24) is 19.6 Å². The average Bonchev–Trinajstić information content (AvgIpc) is 3.11. The third-order valence-corrected chi connectivity index (χ3v) is 6.32. The first-order chi connectivity index (χ1) is 14.1. The number of aromatic nitrogens is 2. The number of likely N-dealkylation sites (tertiary alicyclic amines) is 1. The zero-order chi connectivity index (χ0) is 20.6. The van der Waals surface area contributed by atoms with Crippen molar-refractivity contribution >= 4 is 0 Å². The molecule has 1 aliphatic rings. The smallest absolute Gasteiger partial charge is 0.119 e. The summed E-state index contributed by atoms with van der Waals surface area (Å²) >= 11 is 0. The van der Waals surface area contributed by atoms with Gasteiger partial charge in [-0.25, -0.2) is 0 Å². The van der Waals surface area contributed by atoms with E-state index < -0.39 is 0 Å². The van der Waals surface area contributed by atoms with E-state index in [9.17, 15) is 0 Å². The molecule has 5 heteroatoms. The van der Waals surface area contributed by atoms with Crippen LogP contribution in [0.2, 0.25) is 0 Å². The largest absolute Gasteiger partial charge is 0.497 e. The molecule has 1 aromatic heterocycles. The lowest BCUT2D eigenvalue weighted by molar-refractivity contribution is 0.133. The lowest BCUT2D eigenvalue weighted by atomic mass is 9.96. The summed E-state index contributed by atoms with van der Waals surface area (Å²) in [4.78, 5) is 5.25. The molecule has 2 aromatic rings. The Morgan fingerprint density at radius 1 is 1.28 bits per heavy atom. The van der Waals surface area contributed by atoms with Crippen LogP contribution in [0.15, 0.2) is 30.5 Å².